The molecule has 0 saturated carbocycles. The van der Waals surface area contributed by atoms with Crippen LogP contribution < -0.4 is 5.32 Å². The number of nitrogens with one attached hydrogen (secondary N) is 1. The van der Waals surface area contributed by atoms with Gasteiger partial charge in [0.1, 0.15) is 0 Å². The van der Waals surface area contributed by atoms with Crippen molar-refractivity contribution in [2.24, 2.45) is 0 Å². The molecule has 1 N–H and O–H groups in total. The molecular formula is C17H11Cl2N3O. The van der Waals surface area contributed by atoms with Crippen LogP contribution in [0, 0.1) is 0 Å². The Morgan fingerprint density at radius 2 is 1.70 bits per heavy atom. The third-order valence-electron chi connectivity index (χ3n) is 3.15. The fourth-order valence-electron chi connectivity index (χ4n) is 1.99. The summed E-state index contributed by atoms with van der Waals surface area (Å²) >= 11 is 11.9. The molecule has 4 nitrogen and oxygen atoms in total. The number of hydrogen-bond donors (Lipinski definition) is 1. The van der Waals surface area contributed by atoms with Crippen molar-refractivity contribution in [1.29, 1.82) is 0 Å². The van der Waals surface area contributed by atoms with Crippen molar-refractivity contribution in [3.63, 3.8) is 0 Å². The third-order valence-corrected chi connectivity index (χ3v) is 3.69. The van der Waals surface area contributed by atoms with Crippen molar-refractivity contribution < 1.29 is 4.79 Å². The summed E-state index contributed by atoms with van der Waals surface area (Å²) in [7, 11) is 0. The molecule has 1 heterocycles. The maximum atomic E-state index is 12.2. The van der Waals surface area contributed by atoms with E-state index in [0.717, 1.165) is 5.56 Å². The molecule has 0 bridgehead atoms. The monoisotopic (exact) mass is 343 g/mol. The van der Waals surface area contributed by atoms with E-state index in [4.69, 9.17) is 23.2 Å². The lowest BCUT2D eigenvalue weighted by Crippen LogP contribution is -2.14. The Bertz CT molecular complexity index is 836. The highest BCUT2D eigenvalue weighted by Gasteiger charge is 2.11. The van der Waals surface area contributed by atoms with Crippen molar-refractivity contribution in [2.75, 3.05) is 5.32 Å². The van der Waals surface area contributed by atoms with Crippen LogP contribution in [0.1, 0.15) is 10.5 Å². The predicted octanol–water partition coefficient (Wildman–Crippen LogP) is 4.70. The van der Waals surface area contributed by atoms with Crippen LogP contribution in [0.4, 0.5) is 5.69 Å². The first kappa shape index (κ1) is 15.5. The second-order valence-electron chi connectivity index (χ2n) is 4.75. The lowest BCUT2D eigenvalue weighted by Gasteiger charge is -2.07. The predicted molar refractivity (Wildman–Crippen MR) is 91.9 cm³/mol. The van der Waals surface area contributed by atoms with E-state index >= 15 is 0 Å². The van der Waals surface area contributed by atoms with Gasteiger partial charge < -0.3 is 5.32 Å². The van der Waals surface area contributed by atoms with Gasteiger partial charge in [-0.3, -0.25) is 4.79 Å². The van der Waals surface area contributed by atoms with E-state index in [2.05, 4.69) is 15.5 Å². The normalized spacial score (nSPS) is 10.3. The lowest BCUT2D eigenvalue weighted by molar-refractivity contribution is 0.102. The first-order chi connectivity index (χ1) is 11.1. The summed E-state index contributed by atoms with van der Waals surface area (Å²) in [6, 6.07) is 17.8. The van der Waals surface area contributed by atoms with Crippen molar-refractivity contribution >= 4 is 34.8 Å². The smallest absolute Gasteiger partial charge is 0.276 e. The fourth-order valence-corrected chi connectivity index (χ4v) is 2.45. The summed E-state index contributed by atoms with van der Waals surface area (Å²) in [4.78, 5) is 12.2. The standard InChI is InChI=1S/C17H11Cl2N3O/c18-12-6-7-15(13(19)10-12)20-17(23)16-9-8-14(21-22-16)11-4-2-1-3-5-11/h1-10H,(H,20,23). The molecule has 114 valence electrons. The molecule has 0 aliphatic rings. The summed E-state index contributed by atoms with van der Waals surface area (Å²) in [6.07, 6.45) is 0. The van der Waals surface area contributed by atoms with E-state index in [1.165, 1.54) is 0 Å². The molecule has 2 aromatic carbocycles. The zero-order chi connectivity index (χ0) is 16.2. The highest BCUT2D eigenvalue weighted by molar-refractivity contribution is 6.36. The first-order valence-electron chi connectivity index (χ1n) is 6.79. The van der Waals surface area contributed by atoms with Gasteiger partial charge in [0.05, 0.1) is 16.4 Å². The van der Waals surface area contributed by atoms with Gasteiger partial charge in [-0.1, -0.05) is 53.5 Å². The highest BCUT2D eigenvalue weighted by Crippen LogP contribution is 2.25. The van der Waals surface area contributed by atoms with Crippen molar-refractivity contribution in [3.8, 4) is 11.3 Å². The molecule has 3 aromatic rings. The maximum absolute atomic E-state index is 12.2. The Morgan fingerprint density at radius 1 is 0.913 bits per heavy atom. The molecular weight excluding hydrogens is 333 g/mol. The number of amides is 1. The average molecular weight is 344 g/mol. The van der Waals surface area contributed by atoms with Crippen LogP contribution in [0.2, 0.25) is 10.0 Å². The summed E-state index contributed by atoms with van der Waals surface area (Å²) in [5.74, 6) is -0.388. The maximum Gasteiger partial charge on any atom is 0.276 e. The number of carbonyl (C=O) groups is 1. The molecule has 6 heteroatoms. The van der Waals surface area contributed by atoms with Gasteiger partial charge in [0.2, 0.25) is 0 Å². The summed E-state index contributed by atoms with van der Waals surface area (Å²) < 4.78 is 0. The molecule has 0 atom stereocenters. The van der Waals surface area contributed by atoms with E-state index in [1.807, 2.05) is 30.3 Å². The molecule has 0 aliphatic heterocycles. The third kappa shape index (κ3) is 3.67. The summed E-state index contributed by atoms with van der Waals surface area (Å²) in [6.45, 7) is 0. The number of rotatable bonds is 3. The molecule has 0 unspecified atom stereocenters. The highest BCUT2D eigenvalue weighted by atomic mass is 35.5. The average Bonchev–Trinajstić information content (AvgIpc) is 2.58. The Balaban J connectivity index is 1.78. The number of aromatic nitrogens is 2. The van der Waals surface area contributed by atoms with Crippen LogP contribution in [-0.2, 0) is 0 Å². The number of carbonyl (C=O) groups excluding carboxylic acids is 1. The molecule has 3 rings (SSSR count). The van der Waals surface area contributed by atoms with Gasteiger partial charge in [0.25, 0.3) is 5.91 Å². The molecule has 0 saturated heterocycles. The fraction of sp³-hybridized carbons (Fsp3) is 0. The zero-order valence-electron chi connectivity index (χ0n) is 11.8. The van der Waals surface area contributed by atoms with Crippen LogP contribution in [0.3, 0.4) is 0 Å². The van der Waals surface area contributed by atoms with Gasteiger partial charge in [-0.25, -0.2) is 0 Å². The van der Waals surface area contributed by atoms with Crippen LogP contribution in [0.5, 0.6) is 0 Å². The van der Waals surface area contributed by atoms with Gasteiger partial charge in [0.15, 0.2) is 5.69 Å². The van der Waals surface area contributed by atoms with Crippen LogP contribution in [-0.4, -0.2) is 16.1 Å². The Morgan fingerprint density at radius 3 is 2.35 bits per heavy atom. The largest absolute Gasteiger partial charge is 0.319 e. The number of benzene rings is 2. The van der Waals surface area contributed by atoms with Gasteiger partial charge in [-0.2, -0.15) is 0 Å². The second kappa shape index (κ2) is 6.77. The Labute approximate surface area is 143 Å². The van der Waals surface area contributed by atoms with Crippen molar-refractivity contribution in [2.45, 2.75) is 0 Å². The lowest BCUT2D eigenvalue weighted by atomic mass is 10.1. The SMILES string of the molecule is O=C(Nc1ccc(Cl)cc1Cl)c1ccc(-c2ccccc2)nn1. The van der Waals surface area contributed by atoms with Gasteiger partial charge >= 0.3 is 0 Å². The second-order valence-corrected chi connectivity index (χ2v) is 5.59. The van der Waals surface area contributed by atoms with Crippen LogP contribution >= 0.6 is 23.2 Å². The van der Waals surface area contributed by atoms with E-state index < -0.39 is 0 Å². The topological polar surface area (TPSA) is 54.9 Å². The molecule has 1 aromatic heterocycles. The van der Waals surface area contributed by atoms with Crippen LogP contribution in [0.25, 0.3) is 11.3 Å². The van der Waals surface area contributed by atoms with Gasteiger partial charge in [0, 0.05) is 10.6 Å². The van der Waals surface area contributed by atoms with E-state index in [9.17, 15) is 4.79 Å². The zero-order valence-corrected chi connectivity index (χ0v) is 13.3. The number of halogens is 2. The Kier molecular flexibility index (Phi) is 4.55. The quantitative estimate of drug-likeness (QED) is 0.749. The number of anilines is 1. The molecule has 0 radical (unpaired) electrons. The minimum atomic E-state index is -0.388. The molecule has 0 fully saturated rings. The number of nitrogens with zero attached hydrogens (tertiary/aromatic N) is 2. The first-order valence-corrected chi connectivity index (χ1v) is 7.54. The van der Waals surface area contributed by atoms with E-state index in [1.54, 1.807) is 30.3 Å². The molecule has 23 heavy (non-hydrogen) atoms. The minimum absolute atomic E-state index is 0.204. The number of hydrogen-bond acceptors (Lipinski definition) is 3. The van der Waals surface area contributed by atoms with E-state index in [0.29, 0.717) is 21.4 Å². The molecule has 0 spiro atoms. The Hall–Kier alpha value is -2.43. The van der Waals surface area contributed by atoms with Crippen molar-refractivity contribution in [1.82, 2.24) is 10.2 Å². The summed E-state index contributed by atoms with van der Waals surface area (Å²) in [5.41, 5.74) is 2.31. The van der Waals surface area contributed by atoms with Crippen molar-refractivity contribution in [3.05, 3.63) is 76.4 Å². The summed E-state index contributed by atoms with van der Waals surface area (Å²) in [5, 5.41) is 11.6. The van der Waals surface area contributed by atoms with Gasteiger partial charge in [-0.05, 0) is 30.3 Å². The van der Waals surface area contributed by atoms with Gasteiger partial charge in [-0.15, -0.1) is 10.2 Å². The molecule has 0 aliphatic carbocycles. The molecule has 1 amide bonds. The van der Waals surface area contributed by atoms with Crippen LogP contribution in [0.15, 0.2) is 60.7 Å². The van der Waals surface area contributed by atoms with E-state index in [-0.39, 0.29) is 11.6 Å². The minimum Gasteiger partial charge on any atom is -0.319 e.